The molecule has 26 heavy (non-hydrogen) atoms. The van der Waals surface area contributed by atoms with E-state index in [1.54, 1.807) is 29.8 Å². The fourth-order valence-corrected chi connectivity index (χ4v) is 3.19. The minimum absolute atomic E-state index is 0.210. The Morgan fingerprint density at radius 3 is 2.77 bits per heavy atom. The lowest BCUT2D eigenvalue weighted by Crippen LogP contribution is -2.23. The highest BCUT2D eigenvalue weighted by molar-refractivity contribution is 8.00. The van der Waals surface area contributed by atoms with Crippen LogP contribution in [0.1, 0.15) is 6.92 Å². The van der Waals surface area contributed by atoms with E-state index in [4.69, 9.17) is 16.3 Å². The molecule has 1 atom stereocenters. The molecule has 9 heteroatoms. The molecule has 7 nitrogen and oxygen atoms in total. The number of anilines is 1. The number of carbonyl (C=O) groups excluding carboxylic acids is 1. The van der Waals surface area contributed by atoms with Gasteiger partial charge in [0.25, 0.3) is 0 Å². The van der Waals surface area contributed by atoms with Crippen LogP contribution in [0.25, 0.3) is 5.69 Å². The summed E-state index contributed by atoms with van der Waals surface area (Å²) >= 11 is 7.26. The molecule has 2 aromatic carbocycles. The summed E-state index contributed by atoms with van der Waals surface area (Å²) in [7, 11) is 1.53. The first-order valence-electron chi connectivity index (χ1n) is 7.73. The summed E-state index contributed by atoms with van der Waals surface area (Å²) in [5.41, 5.74) is 1.34. The van der Waals surface area contributed by atoms with E-state index in [1.807, 2.05) is 30.3 Å². The molecule has 0 radical (unpaired) electrons. The maximum atomic E-state index is 12.6. The molecule has 0 aliphatic heterocycles. The highest BCUT2D eigenvalue weighted by Gasteiger charge is 2.20. The molecule has 1 heterocycles. The third kappa shape index (κ3) is 4.14. The van der Waals surface area contributed by atoms with Gasteiger partial charge in [-0.2, -0.15) is 4.68 Å². The summed E-state index contributed by atoms with van der Waals surface area (Å²) in [6.45, 7) is 1.78. The average molecular weight is 390 g/mol. The van der Waals surface area contributed by atoms with Crippen LogP contribution in [0.15, 0.2) is 53.7 Å². The monoisotopic (exact) mass is 389 g/mol. The molecule has 3 aromatic rings. The van der Waals surface area contributed by atoms with Gasteiger partial charge in [-0.1, -0.05) is 41.6 Å². The lowest BCUT2D eigenvalue weighted by Gasteiger charge is -2.14. The summed E-state index contributed by atoms with van der Waals surface area (Å²) < 4.78 is 6.84. The predicted molar refractivity (Wildman–Crippen MR) is 101 cm³/mol. The van der Waals surface area contributed by atoms with Gasteiger partial charge in [-0.15, -0.1) is 5.10 Å². The van der Waals surface area contributed by atoms with Gasteiger partial charge in [-0.05, 0) is 47.7 Å². The molecule has 0 spiro atoms. The average Bonchev–Trinajstić information content (AvgIpc) is 3.10. The molecule has 1 unspecified atom stereocenters. The molecule has 0 fully saturated rings. The molecule has 0 bridgehead atoms. The number of methoxy groups -OCH3 is 1. The van der Waals surface area contributed by atoms with Gasteiger partial charge >= 0.3 is 0 Å². The Kier molecular flexibility index (Phi) is 5.75. The number of halogens is 1. The second-order valence-electron chi connectivity index (χ2n) is 5.30. The van der Waals surface area contributed by atoms with Crippen molar-refractivity contribution in [3.63, 3.8) is 0 Å². The van der Waals surface area contributed by atoms with E-state index >= 15 is 0 Å². The van der Waals surface area contributed by atoms with Crippen molar-refractivity contribution in [2.24, 2.45) is 0 Å². The van der Waals surface area contributed by atoms with Gasteiger partial charge in [0.1, 0.15) is 5.75 Å². The Labute approximate surface area is 159 Å². The van der Waals surface area contributed by atoms with Gasteiger partial charge in [0.15, 0.2) is 0 Å². The van der Waals surface area contributed by atoms with Crippen molar-refractivity contribution in [1.29, 1.82) is 0 Å². The number of nitrogens with one attached hydrogen (secondary N) is 1. The number of tetrazole rings is 1. The normalized spacial score (nSPS) is 11.8. The number of benzene rings is 2. The quantitative estimate of drug-likeness (QED) is 0.650. The van der Waals surface area contributed by atoms with Crippen LogP contribution in [0.5, 0.6) is 5.75 Å². The van der Waals surface area contributed by atoms with E-state index in [9.17, 15) is 4.79 Å². The maximum Gasteiger partial charge on any atom is 0.237 e. The number of ether oxygens (including phenoxy) is 1. The smallest absolute Gasteiger partial charge is 0.237 e. The SMILES string of the molecule is COc1ccc(Cl)cc1NC(=O)C(C)Sc1nnnn1-c1ccccc1. The van der Waals surface area contributed by atoms with Crippen LogP contribution in [-0.4, -0.2) is 38.5 Å². The topological polar surface area (TPSA) is 81.9 Å². The van der Waals surface area contributed by atoms with Crippen molar-refractivity contribution in [1.82, 2.24) is 20.2 Å². The van der Waals surface area contributed by atoms with Crippen molar-refractivity contribution in [3.8, 4) is 11.4 Å². The van der Waals surface area contributed by atoms with Crippen molar-refractivity contribution in [3.05, 3.63) is 53.6 Å². The number of amides is 1. The largest absolute Gasteiger partial charge is 0.495 e. The first-order chi connectivity index (χ1) is 12.6. The van der Waals surface area contributed by atoms with Crippen LogP contribution >= 0.6 is 23.4 Å². The summed E-state index contributed by atoms with van der Waals surface area (Å²) in [6.07, 6.45) is 0. The second kappa shape index (κ2) is 8.20. The van der Waals surface area contributed by atoms with Gasteiger partial charge < -0.3 is 10.1 Å². The standard InChI is InChI=1S/C17H16ClN5O2S/c1-11(16(24)19-14-10-12(18)8-9-15(14)25-2)26-17-20-21-22-23(17)13-6-4-3-5-7-13/h3-11H,1-2H3,(H,19,24). The Morgan fingerprint density at radius 2 is 2.04 bits per heavy atom. The van der Waals surface area contributed by atoms with Crippen LogP contribution in [0, 0.1) is 0 Å². The zero-order valence-electron chi connectivity index (χ0n) is 14.1. The number of hydrogen-bond donors (Lipinski definition) is 1. The zero-order valence-corrected chi connectivity index (χ0v) is 15.7. The minimum atomic E-state index is -0.438. The van der Waals surface area contributed by atoms with Crippen LogP contribution in [0.3, 0.4) is 0 Å². The van der Waals surface area contributed by atoms with Crippen molar-refractivity contribution in [2.45, 2.75) is 17.3 Å². The Balaban J connectivity index is 1.73. The van der Waals surface area contributed by atoms with Crippen LogP contribution in [0.4, 0.5) is 5.69 Å². The molecule has 134 valence electrons. The van der Waals surface area contributed by atoms with Crippen molar-refractivity contribution in [2.75, 3.05) is 12.4 Å². The summed E-state index contributed by atoms with van der Waals surface area (Å²) in [5.74, 6) is 0.326. The first-order valence-corrected chi connectivity index (χ1v) is 8.99. The van der Waals surface area contributed by atoms with Crippen LogP contribution in [-0.2, 0) is 4.79 Å². The Bertz CT molecular complexity index is 903. The predicted octanol–water partition coefficient (Wildman–Crippen LogP) is 3.44. The number of aromatic nitrogens is 4. The molecule has 0 aliphatic carbocycles. The number of rotatable bonds is 6. The van der Waals surface area contributed by atoms with E-state index in [0.717, 1.165) is 5.69 Å². The maximum absolute atomic E-state index is 12.6. The Morgan fingerprint density at radius 1 is 1.27 bits per heavy atom. The lowest BCUT2D eigenvalue weighted by atomic mass is 10.3. The van der Waals surface area contributed by atoms with E-state index in [1.165, 1.54) is 18.9 Å². The molecule has 3 rings (SSSR count). The molecule has 0 saturated carbocycles. The fourth-order valence-electron chi connectivity index (χ4n) is 2.21. The third-order valence-electron chi connectivity index (χ3n) is 3.51. The number of thioether (sulfide) groups is 1. The number of nitrogens with zero attached hydrogens (tertiary/aromatic N) is 4. The number of hydrogen-bond acceptors (Lipinski definition) is 6. The molecule has 1 N–H and O–H groups in total. The van der Waals surface area contributed by atoms with Gasteiger partial charge in [0.05, 0.1) is 23.7 Å². The summed E-state index contributed by atoms with van der Waals surface area (Å²) in [5, 5.41) is 15.1. The van der Waals surface area contributed by atoms with E-state index in [-0.39, 0.29) is 5.91 Å². The van der Waals surface area contributed by atoms with Gasteiger partial charge in [0.2, 0.25) is 11.1 Å². The van der Waals surface area contributed by atoms with E-state index in [2.05, 4.69) is 20.8 Å². The Hall–Kier alpha value is -2.58. The van der Waals surface area contributed by atoms with Gasteiger partial charge in [-0.3, -0.25) is 4.79 Å². The van der Waals surface area contributed by atoms with Crippen molar-refractivity contribution >= 4 is 35.0 Å². The van der Waals surface area contributed by atoms with Crippen molar-refractivity contribution < 1.29 is 9.53 Å². The minimum Gasteiger partial charge on any atom is -0.495 e. The molecule has 1 amide bonds. The number of para-hydroxylation sites is 1. The van der Waals surface area contributed by atoms with Gasteiger partial charge in [-0.25, -0.2) is 0 Å². The highest BCUT2D eigenvalue weighted by Crippen LogP contribution is 2.29. The lowest BCUT2D eigenvalue weighted by molar-refractivity contribution is -0.115. The van der Waals surface area contributed by atoms with Crippen LogP contribution in [0.2, 0.25) is 5.02 Å². The number of carbonyl (C=O) groups is 1. The zero-order chi connectivity index (χ0) is 18.5. The molecule has 1 aromatic heterocycles. The molecule has 0 aliphatic rings. The van der Waals surface area contributed by atoms with E-state index < -0.39 is 5.25 Å². The summed E-state index contributed by atoms with van der Waals surface area (Å²) in [6, 6.07) is 14.5. The molecular weight excluding hydrogens is 374 g/mol. The van der Waals surface area contributed by atoms with Gasteiger partial charge in [0, 0.05) is 5.02 Å². The fraction of sp³-hybridized carbons (Fsp3) is 0.176. The van der Waals surface area contributed by atoms with Crippen LogP contribution < -0.4 is 10.1 Å². The highest BCUT2D eigenvalue weighted by atomic mass is 35.5. The second-order valence-corrected chi connectivity index (χ2v) is 7.05. The third-order valence-corrected chi connectivity index (χ3v) is 4.78. The molecule has 0 saturated heterocycles. The summed E-state index contributed by atoms with van der Waals surface area (Å²) in [4.78, 5) is 12.6. The molecular formula is C17H16ClN5O2S. The first kappa shape index (κ1) is 18.2. The van der Waals surface area contributed by atoms with E-state index in [0.29, 0.717) is 21.6 Å².